The lowest BCUT2D eigenvalue weighted by molar-refractivity contribution is -0.126. The van der Waals surface area contributed by atoms with Crippen molar-refractivity contribution >= 4 is 39.6 Å². The first-order valence-corrected chi connectivity index (χ1v) is 9.57. The van der Waals surface area contributed by atoms with E-state index in [1.54, 1.807) is 0 Å². The number of anilines is 1. The van der Waals surface area contributed by atoms with Crippen molar-refractivity contribution in [2.45, 2.75) is 26.2 Å². The first-order chi connectivity index (χ1) is 13.5. The van der Waals surface area contributed by atoms with E-state index in [1.807, 2.05) is 18.2 Å². The van der Waals surface area contributed by atoms with Gasteiger partial charge in [0.25, 0.3) is 0 Å². The highest BCUT2D eigenvalue weighted by molar-refractivity contribution is 9.10. The standard InChI is InChI=1S/C20H21BrFN3O3/c1-2-3-10-28-18-9-4-14(11-17(18)21)13-23-25-20(27)12-19(26)24-16-7-5-15(22)6-8-16/h4-9,11,13H,2-3,10,12H2,1H3,(H,24,26)(H,25,27). The fourth-order valence-electron chi connectivity index (χ4n) is 2.14. The number of nitrogens with one attached hydrogen (secondary N) is 2. The maximum Gasteiger partial charge on any atom is 0.249 e. The summed E-state index contributed by atoms with van der Waals surface area (Å²) in [7, 11) is 0. The Morgan fingerprint density at radius 2 is 1.93 bits per heavy atom. The van der Waals surface area contributed by atoms with Gasteiger partial charge in [-0.1, -0.05) is 13.3 Å². The van der Waals surface area contributed by atoms with Crippen LogP contribution in [-0.4, -0.2) is 24.6 Å². The Bertz CT molecular complexity index is 841. The number of carbonyl (C=O) groups excluding carboxylic acids is 2. The van der Waals surface area contributed by atoms with Crippen molar-refractivity contribution < 1.29 is 18.7 Å². The first kappa shape index (κ1) is 21.6. The van der Waals surface area contributed by atoms with Crippen LogP contribution in [0.5, 0.6) is 5.75 Å². The molecule has 28 heavy (non-hydrogen) atoms. The summed E-state index contributed by atoms with van der Waals surface area (Å²) in [6.45, 7) is 2.75. The summed E-state index contributed by atoms with van der Waals surface area (Å²) in [5.41, 5.74) is 3.46. The normalized spacial score (nSPS) is 10.7. The van der Waals surface area contributed by atoms with Crippen molar-refractivity contribution in [3.63, 3.8) is 0 Å². The van der Waals surface area contributed by atoms with Crippen LogP contribution >= 0.6 is 15.9 Å². The van der Waals surface area contributed by atoms with Crippen LogP contribution in [0, 0.1) is 5.82 Å². The minimum atomic E-state index is -0.561. The third kappa shape index (κ3) is 7.48. The Kier molecular flexibility index (Phi) is 8.61. The highest BCUT2D eigenvalue weighted by Gasteiger charge is 2.09. The van der Waals surface area contributed by atoms with Crippen molar-refractivity contribution in [1.29, 1.82) is 0 Å². The predicted molar refractivity (Wildman–Crippen MR) is 110 cm³/mol. The number of amides is 2. The Labute approximate surface area is 171 Å². The van der Waals surface area contributed by atoms with E-state index in [9.17, 15) is 14.0 Å². The molecule has 2 rings (SSSR count). The second kappa shape index (κ2) is 11.2. The van der Waals surface area contributed by atoms with Crippen molar-refractivity contribution in [3.05, 3.63) is 58.3 Å². The van der Waals surface area contributed by atoms with E-state index >= 15 is 0 Å². The molecule has 2 aromatic rings. The number of rotatable bonds is 9. The summed E-state index contributed by atoms with van der Waals surface area (Å²) in [5.74, 6) is -0.741. The maximum absolute atomic E-state index is 12.8. The summed E-state index contributed by atoms with van der Waals surface area (Å²) >= 11 is 3.44. The molecule has 0 heterocycles. The van der Waals surface area contributed by atoms with Crippen LogP contribution in [0.4, 0.5) is 10.1 Å². The number of halogens is 2. The Balaban J connectivity index is 1.79. The van der Waals surface area contributed by atoms with Gasteiger partial charge in [0.1, 0.15) is 18.0 Å². The van der Waals surface area contributed by atoms with Crippen LogP contribution in [0.1, 0.15) is 31.7 Å². The van der Waals surface area contributed by atoms with E-state index in [2.05, 4.69) is 38.7 Å². The second-order valence-corrected chi connectivity index (χ2v) is 6.77. The Hall–Kier alpha value is -2.74. The van der Waals surface area contributed by atoms with Gasteiger partial charge in [-0.2, -0.15) is 5.10 Å². The molecule has 148 valence electrons. The number of benzene rings is 2. The Morgan fingerprint density at radius 3 is 2.61 bits per heavy atom. The molecule has 2 amide bonds. The van der Waals surface area contributed by atoms with Crippen LogP contribution in [0.15, 0.2) is 52.0 Å². The van der Waals surface area contributed by atoms with Gasteiger partial charge in [0, 0.05) is 5.69 Å². The van der Waals surface area contributed by atoms with Gasteiger partial charge < -0.3 is 10.1 Å². The van der Waals surface area contributed by atoms with Gasteiger partial charge in [-0.25, -0.2) is 9.82 Å². The van der Waals surface area contributed by atoms with Crippen LogP contribution in [0.3, 0.4) is 0 Å². The SMILES string of the molecule is CCCCOc1ccc(C=NNC(=O)CC(=O)Nc2ccc(F)cc2)cc1Br. The van der Waals surface area contributed by atoms with Gasteiger partial charge in [-0.15, -0.1) is 0 Å². The molecular weight excluding hydrogens is 429 g/mol. The average molecular weight is 450 g/mol. The number of ether oxygens (including phenoxy) is 1. The molecular formula is C20H21BrFN3O3. The van der Waals surface area contributed by atoms with Crippen molar-refractivity contribution in [2.75, 3.05) is 11.9 Å². The van der Waals surface area contributed by atoms with E-state index < -0.39 is 24.1 Å². The summed E-state index contributed by atoms with van der Waals surface area (Å²) in [6, 6.07) is 10.7. The zero-order valence-electron chi connectivity index (χ0n) is 15.4. The maximum atomic E-state index is 12.8. The first-order valence-electron chi connectivity index (χ1n) is 8.77. The fourth-order valence-corrected chi connectivity index (χ4v) is 2.65. The summed E-state index contributed by atoms with van der Waals surface area (Å²) in [4.78, 5) is 23.6. The number of unbranched alkanes of at least 4 members (excludes halogenated alkanes) is 1. The molecule has 6 nitrogen and oxygen atoms in total. The number of carbonyl (C=O) groups is 2. The molecule has 0 fully saturated rings. The highest BCUT2D eigenvalue weighted by Crippen LogP contribution is 2.25. The number of hydrazone groups is 1. The van der Waals surface area contributed by atoms with Crippen LogP contribution in [-0.2, 0) is 9.59 Å². The van der Waals surface area contributed by atoms with E-state index in [1.165, 1.54) is 30.5 Å². The lowest BCUT2D eigenvalue weighted by Gasteiger charge is -2.08. The number of hydrogen-bond donors (Lipinski definition) is 2. The van der Waals surface area contributed by atoms with Crippen LogP contribution in [0.2, 0.25) is 0 Å². The molecule has 0 spiro atoms. The average Bonchev–Trinajstić information content (AvgIpc) is 2.65. The van der Waals surface area contributed by atoms with E-state index in [-0.39, 0.29) is 0 Å². The largest absolute Gasteiger partial charge is 0.492 e. The zero-order valence-corrected chi connectivity index (χ0v) is 17.0. The lowest BCUT2D eigenvalue weighted by atomic mass is 10.2. The molecule has 2 N–H and O–H groups in total. The lowest BCUT2D eigenvalue weighted by Crippen LogP contribution is -2.24. The molecule has 0 aliphatic carbocycles. The molecule has 0 radical (unpaired) electrons. The molecule has 8 heteroatoms. The van der Waals surface area contributed by atoms with Gasteiger partial charge in [-0.05, 0) is 70.4 Å². The quantitative estimate of drug-likeness (QED) is 0.260. The third-order valence-electron chi connectivity index (χ3n) is 3.56. The minimum absolute atomic E-state index is 0.400. The molecule has 0 atom stereocenters. The van der Waals surface area contributed by atoms with Gasteiger partial charge in [0.2, 0.25) is 11.8 Å². The van der Waals surface area contributed by atoms with Gasteiger partial charge >= 0.3 is 0 Å². The van der Waals surface area contributed by atoms with Gasteiger partial charge in [-0.3, -0.25) is 9.59 Å². The minimum Gasteiger partial charge on any atom is -0.492 e. The molecule has 0 aliphatic rings. The molecule has 0 aliphatic heterocycles. The third-order valence-corrected chi connectivity index (χ3v) is 4.18. The van der Waals surface area contributed by atoms with E-state index in [0.29, 0.717) is 12.3 Å². The number of nitrogens with zero attached hydrogens (tertiary/aromatic N) is 1. The number of hydrogen-bond acceptors (Lipinski definition) is 4. The second-order valence-electron chi connectivity index (χ2n) is 5.92. The van der Waals surface area contributed by atoms with E-state index in [4.69, 9.17) is 4.74 Å². The van der Waals surface area contributed by atoms with Crippen LogP contribution in [0.25, 0.3) is 0 Å². The summed E-state index contributed by atoms with van der Waals surface area (Å²) < 4.78 is 19.3. The monoisotopic (exact) mass is 449 g/mol. The molecule has 0 bridgehead atoms. The smallest absolute Gasteiger partial charge is 0.249 e. The summed E-state index contributed by atoms with van der Waals surface area (Å²) in [6.07, 6.45) is 3.11. The van der Waals surface area contributed by atoms with Crippen LogP contribution < -0.4 is 15.5 Å². The van der Waals surface area contributed by atoms with E-state index in [0.717, 1.165) is 28.6 Å². The summed E-state index contributed by atoms with van der Waals surface area (Å²) in [5, 5.41) is 6.35. The van der Waals surface area contributed by atoms with Gasteiger partial charge in [0.05, 0.1) is 17.3 Å². The molecule has 2 aromatic carbocycles. The van der Waals surface area contributed by atoms with Crippen molar-refractivity contribution in [2.24, 2.45) is 5.10 Å². The van der Waals surface area contributed by atoms with Crippen molar-refractivity contribution in [3.8, 4) is 5.75 Å². The highest BCUT2D eigenvalue weighted by atomic mass is 79.9. The molecule has 0 saturated heterocycles. The molecule has 0 aromatic heterocycles. The predicted octanol–water partition coefficient (Wildman–Crippen LogP) is 4.25. The Morgan fingerprint density at radius 1 is 1.18 bits per heavy atom. The zero-order chi connectivity index (χ0) is 20.4. The fraction of sp³-hybridized carbons (Fsp3) is 0.250. The van der Waals surface area contributed by atoms with Gasteiger partial charge in [0.15, 0.2) is 0 Å². The van der Waals surface area contributed by atoms with Crippen molar-refractivity contribution in [1.82, 2.24) is 5.43 Å². The topological polar surface area (TPSA) is 79.8 Å². The molecule has 0 unspecified atom stereocenters. The molecule has 0 saturated carbocycles.